The number of carbonyl (C=O) groups is 2. The molecule has 2 amide bonds. The zero-order chi connectivity index (χ0) is 27.1. The summed E-state index contributed by atoms with van der Waals surface area (Å²) >= 11 is 0. The predicted octanol–water partition coefficient (Wildman–Crippen LogP) is 3.29. The third-order valence-corrected chi connectivity index (χ3v) is 7.21. The fourth-order valence-corrected chi connectivity index (χ4v) is 5.10. The number of aliphatic hydroxyl groups is 1. The Morgan fingerprint density at radius 2 is 1.87 bits per heavy atom. The van der Waals surface area contributed by atoms with E-state index in [4.69, 9.17) is 9.47 Å². The number of aliphatic hydroxyl groups excluding tert-OH is 1. The molecule has 0 saturated heterocycles. The Kier molecular flexibility index (Phi) is 6.81. The van der Waals surface area contributed by atoms with Crippen LogP contribution in [0.4, 0.5) is 8.78 Å². The van der Waals surface area contributed by atoms with E-state index in [-0.39, 0.29) is 42.9 Å². The first-order valence-corrected chi connectivity index (χ1v) is 12.7. The van der Waals surface area contributed by atoms with Gasteiger partial charge >= 0.3 is 6.29 Å². The number of nitrogens with zero attached hydrogens (tertiary/aromatic N) is 1. The van der Waals surface area contributed by atoms with Gasteiger partial charge in [-0.2, -0.15) is 0 Å². The molecular weight excluding hydrogens is 502 g/mol. The summed E-state index contributed by atoms with van der Waals surface area (Å²) in [6.07, 6.45) is -2.63. The summed E-state index contributed by atoms with van der Waals surface area (Å²) < 4.78 is 47.5. The van der Waals surface area contributed by atoms with Gasteiger partial charge in [0, 0.05) is 31.1 Å². The molecule has 0 aromatic heterocycles. The number of methoxy groups -OCH3 is 1. The minimum atomic E-state index is -3.74. The van der Waals surface area contributed by atoms with E-state index in [1.54, 1.807) is 29.2 Å². The number of hydrogen-bond acceptors (Lipinski definition) is 7. The van der Waals surface area contributed by atoms with E-state index in [0.29, 0.717) is 48.4 Å². The van der Waals surface area contributed by atoms with Gasteiger partial charge < -0.3 is 34.3 Å². The monoisotopic (exact) mass is 532 g/mol. The quantitative estimate of drug-likeness (QED) is 0.511. The lowest BCUT2D eigenvalue weighted by molar-refractivity contribution is -0.286. The third-order valence-electron chi connectivity index (χ3n) is 7.21. The van der Waals surface area contributed by atoms with E-state index in [9.17, 15) is 23.5 Å². The van der Waals surface area contributed by atoms with E-state index in [2.05, 4.69) is 14.8 Å². The standard InChI is InChI=1S/C27H30F2N2O7/c1-3-10-31(11-12-32)24(33)23-15-19(18-6-5-17(35-2)14-21(18)36-23)30-25(34)26(8-9-26)16-4-7-20-22(13-16)38-27(28,29)37-20/h4-7,13-14,19,23,32H,3,8-12,15H2,1-2H3,(H,30,34)/t19-,23+/m0/s1. The van der Waals surface area contributed by atoms with Crippen LogP contribution in [-0.2, 0) is 15.0 Å². The van der Waals surface area contributed by atoms with Gasteiger partial charge in [-0.1, -0.05) is 13.0 Å². The number of carbonyl (C=O) groups excluding carboxylic acids is 2. The second-order valence-electron chi connectivity index (χ2n) is 9.73. The highest BCUT2D eigenvalue weighted by atomic mass is 19.3. The molecule has 2 heterocycles. The molecule has 0 bridgehead atoms. The van der Waals surface area contributed by atoms with Crippen molar-refractivity contribution in [3.8, 4) is 23.0 Å². The molecule has 0 spiro atoms. The van der Waals surface area contributed by atoms with E-state index >= 15 is 0 Å². The Bertz CT molecular complexity index is 1230. The van der Waals surface area contributed by atoms with E-state index in [0.717, 1.165) is 0 Å². The van der Waals surface area contributed by atoms with Crippen LogP contribution in [0.15, 0.2) is 36.4 Å². The first-order valence-electron chi connectivity index (χ1n) is 12.7. The van der Waals surface area contributed by atoms with E-state index in [1.165, 1.54) is 19.2 Å². The van der Waals surface area contributed by atoms with Crippen LogP contribution in [0.25, 0.3) is 0 Å². The van der Waals surface area contributed by atoms with Gasteiger partial charge in [-0.3, -0.25) is 9.59 Å². The molecule has 9 nitrogen and oxygen atoms in total. The maximum absolute atomic E-state index is 13.6. The average Bonchev–Trinajstić information content (AvgIpc) is 3.64. The molecule has 5 rings (SSSR count). The molecule has 1 aliphatic carbocycles. The van der Waals surface area contributed by atoms with E-state index in [1.807, 2.05) is 6.92 Å². The maximum Gasteiger partial charge on any atom is 0.586 e. The minimum Gasteiger partial charge on any atom is -0.497 e. The molecule has 2 aromatic rings. The van der Waals surface area contributed by atoms with Gasteiger partial charge in [0.05, 0.1) is 25.2 Å². The van der Waals surface area contributed by atoms with Crippen LogP contribution in [-0.4, -0.2) is 61.0 Å². The molecule has 0 unspecified atom stereocenters. The van der Waals surface area contributed by atoms with Gasteiger partial charge in [0.15, 0.2) is 17.6 Å². The summed E-state index contributed by atoms with van der Waals surface area (Å²) in [5.41, 5.74) is 0.363. The number of rotatable bonds is 9. The predicted molar refractivity (Wildman–Crippen MR) is 130 cm³/mol. The van der Waals surface area contributed by atoms with Crippen LogP contribution in [0.2, 0.25) is 0 Å². The molecule has 38 heavy (non-hydrogen) atoms. The fraction of sp³-hybridized carbons (Fsp3) is 0.481. The molecule has 1 saturated carbocycles. The van der Waals surface area contributed by atoms with Gasteiger partial charge in [-0.15, -0.1) is 8.78 Å². The van der Waals surface area contributed by atoms with Gasteiger partial charge in [0.25, 0.3) is 5.91 Å². The topological polar surface area (TPSA) is 107 Å². The number of hydrogen-bond donors (Lipinski definition) is 2. The van der Waals surface area contributed by atoms with Crippen LogP contribution in [0.3, 0.4) is 0 Å². The summed E-state index contributed by atoms with van der Waals surface area (Å²) in [6, 6.07) is 9.09. The fourth-order valence-electron chi connectivity index (χ4n) is 5.10. The van der Waals surface area contributed by atoms with Crippen LogP contribution < -0.4 is 24.3 Å². The highest BCUT2D eigenvalue weighted by molar-refractivity contribution is 5.92. The molecule has 204 valence electrons. The van der Waals surface area contributed by atoms with Crippen molar-refractivity contribution in [2.45, 2.75) is 56.5 Å². The molecular formula is C27H30F2N2O7. The van der Waals surface area contributed by atoms with Crippen molar-refractivity contribution >= 4 is 11.8 Å². The van der Waals surface area contributed by atoms with Gasteiger partial charge in [0.1, 0.15) is 11.5 Å². The van der Waals surface area contributed by atoms with Gasteiger partial charge in [-0.25, -0.2) is 0 Å². The van der Waals surface area contributed by atoms with Crippen molar-refractivity contribution in [3.63, 3.8) is 0 Å². The maximum atomic E-state index is 13.6. The van der Waals surface area contributed by atoms with Crippen molar-refractivity contribution in [2.75, 3.05) is 26.8 Å². The second kappa shape index (κ2) is 9.94. The van der Waals surface area contributed by atoms with Crippen LogP contribution in [0.5, 0.6) is 23.0 Å². The number of nitrogens with one attached hydrogen (secondary N) is 1. The number of ether oxygens (including phenoxy) is 4. The van der Waals surface area contributed by atoms with Crippen LogP contribution in [0.1, 0.15) is 49.8 Å². The highest BCUT2D eigenvalue weighted by Gasteiger charge is 2.53. The van der Waals surface area contributed by atoms with Crippen molar-refractivity contribution in [3.05, 3.63) is 47.5 Å². The van der Waals surface area contributed by atoms with Crippen LogP contribution in [0, 0.1) is 0 Å². The van der Waals surface area contributed by atoms with Gasteiger partial charge in [-0.05, 0) is 49.1 Å². The Labute approximate surface area is 218 Å². The largest absolute Gasteiger partial charge is 0.586 e. The molecule has 2 atom stereocenters. The van der Waals surface area contributed by atoms with Crippen LogP contribution >= 0.6 is 0 Å². The van der Waals surface area contributed by atoms with Crippen molar-refractivity contribution in [1.29, 1.82) is 0 Å². The van der Waals surface area contributed by atoms with Crippen molar-refractivity contribution in [2.24, 2.45) is 0 Å². The Morgan fingerprint density at radius 3 is 2.55 bits per heavy atom. The highest BCUT2D eigenvalue weighted by Crippen LogP contribution is 2.52. The number of benzene rings is 2. The second-order valence-corrected chi connectivity index (χ2v) is 9.73. The normalized spacial score (nSPS) is 21.6. The minimum absolute atomic E-state index is 0.0804. The SMILES string of the molecule is CCCN(CCO)C(=O)[C@H]1C[C@H](NC(=O)C2(c3ccc4c(c3)OC(F)(F)O4)CC2)c2ccc(OC)cc2O1. The van der Waals surface area contributed by atoms with Gasteiger partial charge in [0.2, 0.25) is 5.91 Å². The summed E-state index contributed by atoms with van der Waals surface area (Å²) in [5.74, 6) is 0.229. The summed E-state index contributed by atoms with van der Waals surface area (Å²) in [4.78, 5) is 28.5. The zero-order valence-corrected chi connectivity index (χ0v) is 21.2. The summed E-state index contributed by atoms with van der Waals surface area (Å²) in [5, 5.41) is 12.5. The molecule has 2 aliphatic heterocycles. The van der Waals surface area contributed by atoms with Crippen molar-refractivity contribution in [1.82, 2.24) is 10.2 Å². The molecule has 1 fully saturated rings. The number of fused-ring (bicyclic) bond motifs is 2. The lowest BCUT2D eigenvalue weighted by atomic mass is 9.91. The van der Waals surface area contributed by atoms with Crippen molar-refractivity contribution < 1.29 is 42.4 Å². The van der Waals surface area contributed by atoms with E-state index < -0.39 is 23.9 Å². The first kappa shape index (κ1) is 26.0. The average molecular weight is 533 g/mol. The third kappa shape index (κ3) is 4.82. The molecule has 2 aromatic carbocycles. The Morgan fingerprint density at radius 1 is 1.11 bits per heavy atom. The lowest BCUT2D eigenvalue weighted by Gasteiger charge is -2.35. The molecule has 3 aliphatic rings. The Hall–Kier alpha value is -3.60. The lowest BCUT2D eigenvalue weighted by Crippen LogP contribution is -2.48. The molecule has 2 N–H and O–H groups in total. The smallest absolute Gasteiger partial charge is 0.497 e. The number of amides is 2. The number of halogens is 2. The molecule has 0 radical (unpaired) electrons. The first-order chi connectivity index (χ1) is 18.2. The number of alkyl halides is 2. The summed E-state index contributed by atoms with van der Waals surface area (Å²) in [7, 11) is 1.52. The zero-order valence-electron chi connectivity index (χ0n) is 21.2. The summed E-state index contributed by atoms with van der Waals surface area (Å²) in [6.45, 7) is 2.41. The molecule has 11 heteroatoms. The Balaban J connectivity index is 1.40.